The molecule has 0 bridgehead atoms. The molecule has 0 atom stereocenters. The molecule has 0 radical (unpaired) electrons. The van der Waals surface area contributed by atoms with Crippen LogP contribution >= 0.6 is 0 Å². The van der Waals surface area contributed by atoms with Crippen molar-refractivity contribution in [2.75, 3.05) is 33.7 Å². The average Bonchev–Trinajstić information content (AvgIpc) is 2.60. The monoisotopic (exact) mass is 367 g/mol. The quantitative estimate of drug-likeness (QED) is 0.832. The fraction of sp³-hybridized carbons (Fsp3) is 0.611. The summed E-state index contributed by atoms with van der Waals surface area (Å²) >= 11 is 0. The summed E-state index contributed by atoms with van der Waals surface area (Å²) in [4.78, 5) is 14.9. The number of carbonyl (C=O) groups is 1. The van der Waals surface area contributed by atoms with E-state index in [0.717, 1.165) is 30.2 Å². The van der Waals surface area contributed by atoms with Crippen LogP contribution in [0, 0.1) is 5.92 Å². The minimum atomic E-state index is -3.46. The number of rotatable bonds is 6. The molecule has 1 aromatic carbocycles. The van der Waals surface area contributed by atoms with Crippen molar-refractivity contribution in [2.24, 2.45) is 5.92 Å². The molecule has 0 aromatic heterocycles. The number of hydrogen-bond acceptors (Lipinski definition) is 4. The van der Waals surface area contributed by atoms with E-state index in [4.69, 9.17) is 0 Å². The minimum Gasteiger partial charge on any atom is -0.352 e. The second-order valence-corrected chi connectivity index (χ2v) is 9.25. The number of nitrogens with zero attached hydrogens (tertiary/aromatic N) is 2. The van der Waals surface area contributed by atoms with Gasteiger partial charge in [-0.05, 0) is 70.0 Å². The van der Waals surface area contributed by atoms with Crippen molar-refractivity contribution < 1.29 is 13.2 Å². The minimum absolute atomic E-state index is 0.153. The van der Waals surface area contributed by atoms with Gasteiger partial charge in [0.15, 0.2) is 0 Å². The summed E-state index contributed by atoms with van der Waals surface area (Å²) in [7, 11) is -0.491. The molecule has 1 fully saturated rings. The molecule has 0 spiro atoms. The number of carbonyl (C=O) groups excluding carboxylic acids is 1. The molecule has 140 valence electrons. The van der Waals surface area contributed by atoms with Crippen LogP contribution in [0.3, 0.4) is 0 Å². The van der Waals surface area contributed by atoms with Crippen LogP contribution in [0.4, 0.5) is 0 Å². The van der Waals surface area contributed by atoms with Crippen molar-refractivity contribution in [3.63, 3.8) is 0 Å². The summed E-state index contributed by atoms with van der Waals surface area (Å²) in [5.74, 6) is 0.354. The van der Waals surface area contributed by atoms with Crippen LogP contribution in [-0.4, -0.2) is 63.3 Å². The zero-order valence-electron chi connectivity index (χ0n) is 15.5. The summed E-state index contributed by atoms with van der Waals surface area (Å²) in [6, 6.07) is 6.66. The van der Waals surface area contributed by atoms with Gasteiger partial charge in [-0.3, -0.25) is 4.79 Å². The number of piperidine rings is 1. The Morgan fingerprint density at radius 3 is 2.24 bits per heavy atom. The molecule has 1 N–H and O–H groups in total. The molecular weight excluding hydrogens is 338 g/mol. The molecule has 0 aliphatic carbocycles. The summed E-state index contributed by atoms with van der Waals surface area (Å²) in [6.45, 7) is 7.25. The number of likely N-dealkylation sites (tertiary alicyclic amines) is 1. The van der Waals surface area contributed by atoms with Crippen molar-refractivity contribution in [1.82, 2.24) is 14.5 Å². The van der Waals surface area contributed by atoms with E-state index in [9.17, 15) is 13.2 Å². The standard InChI is InChI=1S/C18H29N3O3S/c1-14(2)21-11-9-15(10-12-21)13-19-18(22)16-5-7-17(8-6-16)25(23,24)20(3)4/h5-8,14-15H,9-13H2,1-4H3,(H,19,22). The maximum Gasteiger partial charge on any atom is 0.251 e. The van der Waals surface area contributed by atoms with E-state index in [1.165, 1.54) is 26.2 Å². The van der Waals surface area contributed by atoms with E-state index < -0.39 is 10.0 Å². The third-order valence-corrected chi connectivity index (χ3v) is 6.66. The van der Waals surface area contributed by atoms with E-state index in [-0.39, 0.29) is 10.8 Å². The van der Waals surface area contributed by atoms with Gasteiger partial charge in [-0.15, -0.1) is 0 Å². The zero-order chi connectivity index (χ0) is 18.6. The van der Waals surface area contributed by atoms with Gasteiger partial charge in [0.25, 0.3) is 5.91 Å². The normalized spacial score (nSPS) is 17.2. The first-order chi connectivity index (χ1) is 11.7. The van der Waals surface area contributed by atoms with E-state index in [1.807, 2.05) is 0 Å². The highest BCUT2D eigenvalue weighted by Gasteiger charge is 2.22. The molecule has 0 saturated carbocycles. The Kier molecular flexibility index (Phi) is 6.59. The Bertz CT molecular complexity index is 676. The van der Waals surface area contributed by atoms with Crippen LogP contribution in [-0.2, 0) is 10.0 Å². The Hall–Kier alpha value is -1.44. The van der Waals surface area contributed by atoms with Gasteiger partial charge in [0.1, 0.15) is 0 Å². The summed E-state index contributed by atoms with van der Waals surface area (Å²) < 4.78 is 25.2. The fourth-order valence-corrected chi connectivity index (χ4v) is 3.90. The van der Waals surface area contributed by atoms with E-state index >= 15 is 0 Å². The topological polar surface area (TPSA) is 69.7 Å². The lowest BCUT2D eigenvalue weighted by Crippen LogP contribution is -2.41. The summed E-state index contributed by atoms with van der Waals surface area (Å²) in [5, 5.41) is 2.98. The van der Waals surface area contributed by atoms with Crippen LogP contribution in [0.5, 0.6) is 0 Å². The van der Waals surface area contributed by atoms with Crippen LogP contribution in [0.2, 0.25) is 0 Å². The van der Waals surface area contributed by atoms with Gasteiger partial charge in [0.2, 0.25) is 10.0 Å². The van der Waals surface area contributed by atoms with Gasteiger partial charge in [0.05, 0.1) is 4.90 Å². The maximum absolute atomic E-state index is 12.3. The molecule has 1 heterocycles. The van der Waals surface area contributed by atoms with E-state index in [0.29, 0.717) is 24.1 Å². The summed E-state index contributed by atoms with van der Waals surface area (Å²) in [6.07, 6.45) is 2.19. The van der Waals surface area contributed by atoms with Crippen LogP contribution < -0.4 is 5.32 Å². The Balaban J connectivity index is 1.88. The average molecular weight is 368 g/mol. The molecular formula is C18H29N3O3S. The second kappa shape index (κ2) is 8.29. The predicted molar refractivity (Wildman–Crippen MR) is 99.1 cm³/mol. The fourth-order valence-electron chi connectivity index (χ4n) is 3.00. The highest BCUT2D eigenvalue weighted by Crippen LogP contribution is 2.18. The van der Waals surface area contributed by atoms with Gasteiger partial charge in [-0.2, -0.15) is 0 Å². The molecule has 25 heavy (non-hydrogen) atoms. The highest BCUT2D eigenvalue weighted by atomic mass is 32.2. The van der Waals surface area contributed by atoms with E-state index in [2.05, 4.69) is 24.1 Å². The number of amides is 1. The molecule has 7 heteroatoms. The third-order valence-electron chi connectivity index (χ3n) is 4.83. The van der Waals surface area contributed by atoms with Crippen molar-refractivity contribution in [3.05, 3.63) is 29.8 Å². The lowest BCUT2D eigenvalue weighted by Gasteiger charge is -2.34. The highest BCUT2D eigenvalue weighted by molar-refractivity contribution is 7.89. The van der Waals surface area contributed by atoms with Gasteiger partial charge >= 0.3 is 0 Å². The van der Waals surface area contributed by atoms with Crippen molar-refractivity contribution >= 4 is 15.9 Å². The van der Waals surface area contributed by atoms with E-state index in [1.54, 1.807) is 12.1 Å². The molecule has 1 saturated heterocycles. The zero-order valence-corrected chi connectivity index (χ0v) is 16.3. The molecule has 1 amide bonds. The lowest BCUT2D eigenvalue weighted by atomic mass is 9.96. The molecule has 6 nitrogen and oxygen atoms in total. The van der Waals surface area contributed by atoms with Crippen LogP contribution in [0.1, 0.15) is 37.0 Å². The SMILES string of the molecule is CC(C)N1CCC(CNC(=O)c2ccc(S(=O)(=O)N(C)C)cc2)CC1. The van der Waals surface area contributed by atoms with Gasteiger partial charge < -0.3 is 10.2 Å². The first-order valence-corrected chi connectivity index (χ1v) is 10.2. The number of benzene rings is 1. The lowest BCUT2D eigenvalue weighted by molar-refractivity contribution is 0.0929. The predicted octanol–water partition coefficient (Wildman–Crippen LogP) is 1.79. The molecule has 1 aliphatic heterocycles. The molecule has 0 unspecified atom stereocenters. The number of nitrogens with one attached hydrogen (secondary N) is 1. The van der Waals surface area contributed by atoms with Crippen molar-refractivity contribution in [1.29, 1.82) is 0 Å². The first-order valence-electron chi connectivity index (χ1n) is 8.76. The van der Waals surface area contributed by atoms with Crippen LogP contribution in [0.15, 0.2) is 29.2 Å². The number of sulfonamides is 1. The smallest absolute Gasteiger partial charge is 0.251 e. The Labute approximate surface area is 151 Å². The Morgan fingerprint density at radius 1 is 1.20 bits per heavy atom. The molecule has 2 rings (SSSR count). The van der Waals surface area contributed by atoms with Crippen molar-refractivity contribution in [3.8, 4) is 0 Å². The first kappa shape index (κ1) is 19.9. The van der Waals surface area contributed by atoms with Crippen LogP contribution in [0.25, 0.3) is 0 Å². The Morgan fingerprint density at radius 2 is 1.76 bits per heavy atom. The molecule has 1 aromatic rings. The summed E-state index contributed by atoms with van der Waals surface area (Å²) in [5.41, 5.74) is 0.484. The maximum atomic E-state index is 12.3. The molecule has 1 aliphatic rings. The van der Waals surface area contributed by atoms with Crippen molar-refractivity contribution in [2.45, 2.75) is 37.6 Å². The largest absolute Gasteiger partial charge is 0.352 e. The second-order valence-electron chi connectivity index (χ2n) is 7.09. The third kappa shape index (κ3) is 5.03. The van der Waals surface area contributed by atoms with Gasteiger partial charge in [-0.1, -0.05) is 0 Å². The van der Waals surface area contributed by atoms with Gasteiger partial charge in [0, 0.05) is 32.2 Å². The number of hydrogen-bond donors (Lipinski definition) is 1. The van der Waals surface area contributed by atoms with Gasteiger partial charge in [-0.25, -0.2) is 12.7 Å².